The molecule has 3 aromatic rings. The van der Waals surface area contributed by atoms with Crippen LogP contribution in [-0.4, -0.2) is 85.2 Å². The summed E-state index contributed by atoms with van der Waals surface area (Å²) in [4.78, 5) is 28.5. The maximum atomic E-state index is 12.9. The molecule has 32 heavy (non-hydrogen) atoms. The van der Waals surface area contributed by atoms with E-state index in [4.69, 9.17) is 10.2 Å². The first-order valence-corrected chi connectivity index (χ1v) is 10.0. The molecule has 3 N–H and O–H groups in total. The molecule has 172 valence electrons. The van der Waals surface area contributed by atoms with Gasteiger partial charge in [0.2, 0.25) is 23.6 Å². The summed E-state index contributed by atoms with van der Waals surface area (Å²) in [6.45, 7) is 1.58. The smallest absolute Gasteiger partial charge is 0.401 e. The number of hydrogen-bond acceptors (Lipinski definition) is 9. The predicted octanol–water partition coefficient (Wildman–Crippen LogP) is 1.26. The van der Waals surface area contributed by atoms with Crippen molar-refractivity contribution in [1.29, 1.82) is 0 Å². The molecule has 0 spiro atoms. The summed E-state index contributed by atoms with van der Waals surface area (Å²) in [5.41, 5.74) is 5.97. The van der Waals surface area contributed by atoms with Gasteiger partial charge in [0.15, 0.2) is 5.76 Å². The fraction of sp³-hybridized carbons (Fsp3) is 0.500. The van der Waals surface area contributed by atoms with E-state index in [0.717, 1.165) is 0 Å². The van der Waals surface area contributed by atoms with Crippen LogP contribution in [0.1, 0.15) is 13.3 Å². The number of nitrogen functional groups attached to an aromatic ring is 1. The highest BCUT2D eigenvalue weighted by Crippen LogP contribution is 2.20. The van der Waals surface area contributed by atoms with Crippen LogP contribution < -0.4 is 11.1 Å². The summed E-state index contributed by atoms with van der Waals surface area (Å²) in [6, 6.07) is 2.72. The van der Waals surface area contributed by atoms with Crippen LogP contribution in [0.2, 0.25) is 0 Å². The Kier molecular flexibility index (Phi) is 5.86. The zero-order valence-corrected chi connectivity index (χ0v) is 17.2. The van der Waals surface area contributed by atoms with Crippen molar-refractivity contribution >= 4 is 23.6 Å². The standard InChI is InChI=1S/C18H22F3N9O2/c1-2-11(14(31)29-7-5-28(6-8-29)10-18(19,20)21)23-16-25-15(22)30-17(26-16)24-13(27-30)12-4-3-9-32-12/h3-4,9,11H,2,5-8,10H2,1H3,(H3,22,23,24,25,26,27)/t11-/m0/s1. The number of fused-ring (bicyclic) bond motifs is 1. The largest absolute Gasteiger partial charge is 0.461 e. The Labute approximate surface area is 180 Å². The first-order chi connectivity index (χ1) is 15.2. The summed E-state index contributed by atoms with van der Waals surface area (Å²) in [6.07, 6.45) is -2.35. The van der Waals surface area contributed by atoms with Gasteiger partial charge in [-0.05, 0) is 18.6 Å². The molecule has 0 aromatic carbocycles. The molecular formula is C18H22F3N9O2. The average Bonchev–Trinajstić information content (AvgIpc) is 3.41. The van der Waals surface area contributed by atoms with Crippen LogP contribution in [0.25, 0.3) is 17.4 Å². The number of aromatic nitrogens is 5. The Morgan fingerprint density at radius 3 is 2.62 bits per heavy atom. The number of nitrogens with one attached hydrogen (secondary N) is 1. The fourth-order valence-corrected chi connectivity index (χ4v) is 3.47. The minimum absolute atomic E-state index is 0.0193. The number of nitrogens with zero attached hydrogens (tertiary/aromatic N) is 7. The summed E-state index contributed by atoms with van der Waals surface area (Å²) >= 11 is 0. The number of carbonyl (C=O) groups is 1. The molecule has 0 radical (unpaired) electrons. The summed E-state index contributed by atoms with van der Waals surface area (Å²) in [5, 5.41) is 7.17. The maximum Gasteiger partial charge on any atom is 0.401 e. The number of nitrogens with two attached hydrogens (primary N) is 1. The molecule has 0 unspecified atom stereocenters. The zero-order chi connectivity index (χ0) is 22.9. The number of hydrogen-bond donors (Lipinski definition) is 2. The third-order valence-electron chi connectivity index (χ3n) is 5.07. The normalized spacial score (nSPS) is 16.4. The monoisotopic (exact) mass is 453 g/mol. The molecule has 14 heteroatoms. The van der Waals surface area contributed by atoms with Gasteiger partial charge >= 0.3 is 6.18 Å². The van der Waals surface area contributed by atoms with E-state index in [1.165, 1.54) is 15.7 Å². The van der Waals surface area contributed by atoms with E-state index < -0.39 is 18.8 Å². The van der Waals surface area contributed by atoms with Crippen molar-refractivity contribution in [3.63, 3.8) is 0 Å². The van der Waals surface area contributed by atoms with Gasteiger partial charge in [0.1, 0.15) is 6.04 Å². The average molecular weight is 453 g/mol. The van der Waals surface area contributed by atoms with Crippen molar-refractivity contribution in [2.45, 2.75) is 25.6 Å². The first kappa shape index (κ1) is 21.8. The highest BCUT2D eigenvalue weighted by Gasteiger charge is 2.34. The Morgan fingerprint density at radius 2 is 2.00 bits per heavy atom. The Hall–Kier alpha value is -3.42. The van der Waals surface area contributed by atoms with E-state index in [1.54, 1.807) is 17.0 Å². The molecule has 0 bridgehead atoms. The lowest BCUT2D eigenvalue weighted by atomic mass is 10.1. The molecule has 3 aromatic heterocycles. The molecule has 0 aliphatic carbocycles. The van der Waals surface area contributed by atoms with Crippen molar-refractivity contribution in [1.82, 2.24) is 34.4 Å². The molecule has 11 nitrogen and oxygen atoms in total. The number of rotatable bonds is 6. The predicted molar refractivity (Wildman–Crippen MR) is 107 cm³/mol. The van der Waals surface area contributed by atoms with E-state index in [2.05, 4.69) is 25.4 Å². The number of alkyl halides is 3. The molecular weight excluding hydrogens is 431 g/mol. The van der Waals surface area contributed by atoms with Crippen LogP contribution in [0.4, 0.5) is 25.1 Å². The van der Waals surface area contributed by atoms with Gasteiger partial charge in [0.25, 0.3) is 5.78 Å². The van der Waals surface area contributed by atoms with Gasteiger partial charge in [0.05, 0.1) is 12.8 Å². The van der Waals surface area contributed by atoms with Gasteiger partial charge in [-0.15, -0.1) is 5.10 Å². The number of anilines is 2. The van der Waals surface area contributed by atoms with Gasteiger partial charge in [-0.2, -0.15) is 32.6 Å². The maximum absolute atomic E-state index is 12.9. The number of amides is 1. The second-order valence-corrected chi connectivity index (χ2v) is 7.35. The third-order valence-corrected chi connectivity index (χ3v) is 5.07. The molecule has 1 saturated heterocycles. The number of piperazine rings is 1. The fourth-order valence-electron chi connectivity index (χ4n) is 3.47. The van der Waals surface area contributed by atoms with Gasteiger partial charge in [0, 0.05) is 26.2 Å². The van der Waals surface area contributed by atoms with Crippen LogP contribution >= 0.6 is 0 Å². The van der Waals surface area contributed by atoms with Crippen molar-refractivity contribution < 1.29 is 22.4 Å². The van der Waals surface area contributed by atoms with Gasteiger partial charge in [-0.25, -0.2) is 0 Å². The quantitative estimate of drug-likeness (QED) is 0.566. The summed E-state index contributed by atoms with van der Waals surface area (Å²) in [5.74, 6) is 0.785. The molecule has 1 aliphatic heterocycles. The number of halogens is 3. The van der Waals surface area contributed by atoms with Crippen molar-refractivity contribution in [2.75, 3.05) is 43.8 Å². The highest BCUT2D eigenvalue weighted by molar-refractivity contribution is 5.84. The number of carbonyl (C=O) groups excluding carboxylic acids is 1. The van der Waals surface area contributed by atoms with E-state index in [9.17, 15) is 18.0 Å². The Balaban J connectivity index is 1.44. The van der Waals surface area contributed by atoms with Gasteiger partial charge < -0.3 is 20.4 Å². The van der Waals surface area contributed by atoms with E-state index in [-0.39, 0.29) is 55.6 Å². The van der Waals surface area contributed by atoms with Crippen molar-refractivity contribution in [3.05, 3.63) is 18.4 Å². The third kappa shape index (κ3) is 4.74. The Bertz CT molecular complexity index is 1080. The molecule has 1 amide bonds. The minimum atomic E-state index is -4.26. The van der Waals surface area contributed by atoms with E-state index >= 15 is 0 Å². The van der Waals surface area contributed by atoms with Crippen molar-refractivity contribution in [2.24, 2.45) is 0 Å². The SMILES string of the molecule is CC[C@H](Nc1nc(N)n2nc(-c3ccco3)nc2n1)C(=O)N1CCN(CC(F)(F)F)CC1. The molecule has 1 aliphatic rings. The van der Waals surface area contributed by atoms with Gasteiger partial charge in [-0.3, -0.25) is 9.69 Å². The van der Waals surface area contributed by atoms with E-state index in [0.29, 0.717) is 12.2 Å². The topological polar surface area (TPSA) is 131 Å². The summed E-state index contributed by atoms with van der Waals surface area (Å²) in [7, 11) is 0. The second kappa shape index (κ2) is 8.61. The van der Waals surface area contributed by atoms with Crippen LogP contribution in [0.5, 0.6) is 0 Å². The van der Waals surface area contributed by atoms with Crippen LogP contribution in [-0.2, 0) is 4.79 Å². The molecule has 4 heterocycles. The molecule has 1 fully saturated rings. The summed E-state index contributed by atoms with van der Waals surface area (Å²) < 4.78 is 44.3. The van der Waals surface area contributed by atoms with Crippen molar-refractivity contribution in [3.8, 4) is 11.6 Å². The highest BCUT2D eigenvalue weighted by atomic mass is 19.4. The lowest BCUT2D eigenvalue weighted by Crippen LogP contribution is -2.54. The number of furan rings is 1. The minimum Gasteiger partial charge on any atom is -0.461 e. The van der Waals surface area contributed by atoms with Crippen LogP contribution in [0, 0.1) is 0 Å². The van der Waals surface area contributed by atoms with Crippen LogP contribution in [0.3, 0.4) is 0 Å². The van der Waals surface area contributed by atoms with Crippen LogP contribution in [0.15, 0.2) is 22.8 Å². The zero-order valence-electron chi connectivity index (χ0n) is 17.2. The lowest BCUT2D eigenvalue weighted by molar-refractivity contribution is -0.152. The first-order valence-electron chi connectivity index (χ1n) is 10.0. The molecule has 1 atom stereocenters. The second-order valence-electron chi connectivity index (χ2n) is 7.35. The lowest BCUT2D eigenvalue weighted by Gasteiger charge is -2.36. The van der Waals surface area contributed by atoms with E-state index in [1.807, 2.05) is 6.92 Å². The molecule has 0 saturated carbocycles. The molecule has 4 rings (SSSR count). The van der Waals surface area contributed by atoms with Gasteiger partial charge in [-0.1, -0.05) is 6.92 Å². The Morgan fingerprint density at radius 1 is 1.25 bits per heavy atom.